The molecule has 0 bridgehead atoms. The Bertz CT molecular complexity index is 233. The van der Waals surface area contributed by atoms with Crippen LogP contribution in [0.3, 0.4) is 0 Å². The Morgan fingerprint density at radius 1 is 1.45 bits per heavy atom. The largest absolute Gasteiger partial charge is 0.491 e. The maximum absolute atomic E-state index is 12.5. The summed E-state index contributed by atoms with van der Waals surface area (Å²) in [5.41, 5.74) is -0.157. The molecule has 0 aromatic carbocycles. The molecule has 4 N–H and O–H groups in total. The molecule has 0 saturated heterocycles. The van der Waals surface area contributed by atoms with E-state index < -0.39 is 12.9 Å². The SMILES string of the molecule is O.OB(O)c1ccncc1F. The Morgan fingerprint density at radius 3 is 2.45 bits per heavy atom. The number of hydrogen-bond acceptors (Lipinski definition) is 3. The van der Waals surface area contributed by atoms with Crippen LogP contribution in [0.25, 0.3) is 0 Å². The van der Waals surface area contributed by atoms with E-state index in [0.717, 1.165) is 6.20 Å². The minimum absolute atomic E-state index is 0. The highest BCUT2D eigenvalue weighted by Crippen LogP contribution is 1.88. The lowest BCUT2D eigenvalue weighted by atomic mass is 9.81. The van der Waals surface area contributed by atoms with Crippen LogP contribution in [-0.4, -0.2) is 27.6 Å². The van der Waals surface area contributed by atoms with Crippen LogP contribution in [-0.2, 0) is 0 Å². The van der Waals surface area contributed by atoms with Gasteiger partial charge in [0.1, 0.15) is 5.82 Å². The van der Waals surface area contributed by atoms with E-state index >= 15 is 0 Å². The van der Waals surface area contributed by atoms with Gasteiger partial charge in [0.25, 0.3) is 0 Å². The molecule has 1 rings (SSSR count). The third-order valence-corrected chi connectivity index (χ3v) is 1.08. The van der Waals surface area contributed by atoms with Crippen molar-refractivity contribution in [1.82, 2.24) is 4.98 Å². The molecule has 0 fully saturated rings. The fourth-order valence-corrected chi connectivity index (χ4v) is 0.595. The highest BCUT2D eigenvalue weighted by Gasteiger charge is 2.14. The van der Waals surface area contributed by atoms with E-state index in [1.165, 1.54) is 12.3 Å². The molecule has 6 heteroatoms. The van der Waals surface area contributed by atoms with E-state index in [9.17, 15) is 4.39 Å². The summed E-state index contributed by atoms with van der Waals surface area (Å²) in [6, 6.07) is 1.21. The second-order valence-electron chi connectivity index (χ2n) is 1.77. The average molecular weight is 159 g/mol. The van der Waals surface area contributed by atoms with Crippen molar-refractivity contribution in [3.63, 3.8) is 0 Å². The van der Waals surface area contributed by atoms with Gasteiger partial charge in [0.05, 0.1) is 6.20 Å². The van der Waals surface area contributed by atoms with Gasteiger partial charge in [-0.05, 0) is 6.07 Å². The van der Waals surface area contributed by atoms with Crippen LogP contribution in [0.4, 0.5) is 4.39 Å². The maximum atomic E-state index is 12.5. The van der Waals surface area contributed by atoms with Crippen molar-refractivity contribution in [2.75, 3.05) is 0 Å². The van der Waals surface area contributed by atoms with Crippen molar-refractivity contribution in [1.29, 1.82) is 0 Å². The highest BCUT2D eigenvalue weighted by atomic mass is 19.1. The van der Waals surface area contributed by atoms with E-state index in [1.54, 1.807) is 0 Å². The maximum Gasteiger partial charge on any atom is 0.491 e. The molecule has 0 saturated carbocycles. The zero-order chi connectivity index (χ0) is 7.56. The van der Waals surface area contributed by atoms with Crippen LogP contribution < -0.4 is 5.46 Å². The minimum atomic E-state index is -1.76. The number of rotatable bonds is 1. The lowest BCUT2D eigenvalue weighted by molar-refractivity contribution is 0.423. The number of aromatic nitrogens is 1. The van der Waals surface area contributed by atoms with Crippen LogP contribution >= 0.6 is 0 Å². The van der Waals surface area contributed by atoms with Gasteiger partial charge in [-0.15, -0.1) is 0 Å². The fourth-order valence-electron chi connectivity index (χ4n) is 0.595. The molecule has 1 heterocycles. The molecule has 4 nitrogen and oxygen atoms in total. The second-order valence-corrected chi connectivity index (χ2v) is 1.77. The van der Waals surface area contributed by atoms with Crippen LogP contribution in [0, 0.1) is 5.82 Å². The van der Waals surface area contributed by atoms with Crippen molar-refractivity contribution in [3.8, 4) is 0 Å². The number of pyridine rings is 1. The van der Waals surface area contributed by atoms with Crippen LogP contribution in [0.15, 0.2) is 18.5 Å². The lowest BCUT2D eigenvalue weighted by Crippen LogP contribution is -2.32. The van der Waals surface area contributed by atoms with Crippen LogP contribution in [0.2, 0.25) is 0 Å². The van der Waals surface area contributed by atoms with Gasteiger partial charge in [-0.25, -0.2) is 4.39 Å². The molecule has 60 valence electrons. The molecule has 0 amide bonds. The van der Waals surface area contributed by atoms with Gasteiger partial charge in [0, 0.05) is 11.7 Å². The normalized spacial score (nSPS) is 8.64. The van der Waals surface area contributed by atoms with Gasteiger partial charge < -0.3 is 15.5 Å². The molecule has 1 aromatic rings. The molecule has 0 spiro atoms. The predicted octanol–water partition coefficient (Wildman–Crippen LogP) is -1.92. The Labute approximate surface area is 62.8 Å². The number of hydrogen-bond donors (Lipinski definition) is 2. The van der Waals surface area contributed by atoms with E-state index in [4.69, 9.17) is 10.0 Å². The third kappa shape index (κ3) is 2.26. The summed E-state index contributed by atoms with van der Waals surface area (Å²) in [6.07, 6.45) is 2.21. The first-order chi connectivity index (χ1) is 4.72. The summed E-state index contributed by atoms with van der Waals surface area (Å²) in [6.45, 7) is 0. The molecular weight excluding hydrogens is 152 g/mol. The number of halogens is 1. The van der Waals surface area contributed by atoms with Gasteiger partial charge in [0.15, 0.2) is 0 Å². The average Bonchev–Trinajstić information content (AvgIpc) is 1.88. The van der Waals surface area contributed by atoms with Crippen molar-refractivity contribution >= 4 is 12.6 Å². The Morgan fingerprint density at radius 2 is 2.09 bits per heavy atom. The van der Waals surface area contributed by atoms with E-state index in [0.29, 0.717) is 0 Å². The zero-order valence-electron chi connectivity index (χ0n) is 5.53. The highest BCUT2D eigenvalue weighted by molar-refractivity contribution is 6.58. The van der Waals surface area contributed by atoms with Crippen molar-refractivity contribution in [2.24, 2.45) is 0 Å². The summed E-state index contributed by atoms with van der Waals surface area (Å²) in [5.74, 6) is -0.711. The van der Waals surface area contributed by atoms with Gasteiger partial charge in [0.2, 0.25) is 0 Å². The Balaban J connectivity index is 0.000001000. The van der Waals surface area contributed by atoms with E-state index in [2.05, 4.69) is 4.98 Å². The first-order valence-electron chi connectivity index (χ1n) is 2.67. The lowest BCUT2D eigenvalue weighted by Gasteiger charge is -1.97. The van der Waals surface area contributed by atoms with Gasteiger partial charge >= 0.3 is 7.12 Å². The van der Waals surface area contributed by atoms with Crippen molar-refractivity contribution in [2.45, 2.75) is 0 Å². The fraction of sp³-hybridized carbons (Fsp3) is 0. The summed E-state index contributed by atoms with van der Waals surface area (Å²) in [5, 5.41) is 17.0. The van der Waals surface area contributed by atoms with E-state index in [-0.39, 0.29) is 10.9 Å². The van der Waals surface area contributed by atoms with Crippen LogP contribution in [0.5, 0.6) is 0 Å². The van der Waals surface area contributed by atoms with Gasteiger partial charge in [-0.1, -0.05) is 0 Å². The summed E-state index contributed by atoms with van der Waals surface area (Å²) in [7, 11) is -1.76. The summed E-state index contributed by atoms with van der Waals surface area (Å²) >= 11 is 0. The molecule has 1 aromatic heterocycles. The van der Waals surface area contributed by atoms with E-state index in [1.807, 2.05) is 0 Å². The van der Waals surface area contributed by atoms with Gasteiger partial charge in [-0.2, -0.15) is 0 Å². The molecule has 0 atom stereocenters. The first-order valence-corrected chi connectivity index (χ1v) is 2.67. The van der Waals surface area contributed by atoms with Crippen molar-refractivity contribution in [3.05, 3.63) is 24.3 Å². The minimum Gasteiger partial charge on any atom is -0.423 e. The molecule has 0 radical (unpaired) electrons. The number of nitrogens with zero attached hydrogens (tertiary/aromatic N) is 1. The molecule has 0 unspecified atom stereocenters. The van der Waals surface area contributed by atoms with Crippen LogP contribution in [0.1, 0.15) is 0 Å². The molecular formula is C5H7BFNO3. The molecule has 0 aliphatic heterocycles. The quantitative estimate of drug-likeness (QED) is 0.468. The second kappa shape index (κ2) is 4.02. The summed E-state index contributed by atoms with van der Waals surface area (Å²) < 4.78 is 12.5. The van der Waals surface area contributed by atoms with Gasteiger partial charge in [-0.3, -0.25) is 4.98 Å². The molecule has 0 aliphatic carbocycles. The molecule has 0 aliphatic rings. The summed E-state index contributed by atoms with van der Waals surface area (Å²) in [4.78, 5) is 3.43. The third-order valence-electron chi connectivity index (χ3n) is 1.08. The Kier molecular flexibility index (Phi) is 3.66. The Hall–Kier alpha value is -0.975. The first kappa shape index (κ1) is 10.0. The van der Waals surface area contributed by atoms with Crippen molar-refractivity contribution < 1.29 is 19.9 Å². The topological polar surface area (TPSA) is 84.9 Å². The molecule has 11 heavy (non-hydrogen) atoms. The zero-order valence-corrected chi connectivity index (χ0v) is 5.53. The predicted molar refractivity (Wildman–Crippen MR) is 37.6 cm³/mol. The monoisotopic (exact) mass is 159 g/mol. The smallest absolute Gasteiger partial charge is 0.423 e. The standard InChI is InChI=1S/C5H5BFNO2.H2O/c7-5-3-8-2-1-4(5)6(9)10;/h1-3,9-10H;1H2.